The molecule has 4 heteroatoms. The van der Waals surface area contributed by atoms with Gasteiger partial charge >= 0.3 is 5.97 Å². The molecule has 0 saturated heterocycles. The van der Waals surface area contributed by atoms with Crippen LogP contribution in [0.4, 0.5) is 8.78 Å². The molecule has 0 radical (unpaired) electrons. The lowest BCUT2D eigenvalue weighted by Gasteiger charge is -2.19. The van der Waals surface area contributed by atoms with Gasteiger partial charge in [0.15, 0.2) is 0 Å². The van der Waals surface area contributed by atoms with Crippen LogP contribution < -0.4 is 0 Å². The minimum atomic E-state index is -0.513. The summed E-state index contributed by atoms with van der Waals surface area (Å²) in [6.07, 6.45) is 0.964. The topological polar surface area (TPSA) is 26.3 Å². The maximum atomic E-state index is 13.3. The number of esters is 1. The van der Waals surface area contributed by atoms with E-state index in [4.69, 9.17) is 4.74 Å². The Labute approximate surface area is 106 Å². The number of carbonyl (C=O) groups is 1. The van der Waals surface area contributed by atoms with Crippen LogP contribution in [0.25, 0.3) is 0 Å². The molecule has 2 nitrogen and oxygen atoms in total. The highest BCUT2D eigenvalue weighted by Crippen LogP contribution is 2.14. The molecule has 0 atom stereocenters. The summed E-state index contributed by atoms with van der Waals surface area (Å²) in [5.41, 5.74) is -0.222. The van der Waals surface area contributed by atoms with Crippen molar-refractivity contribution < 1.29 is 18.3 Å². The van der Waals surface area contributed by atoms with Crippen LogP contribution in [0.2, 0.25) is 0 Å². The Balaban J connectivity index is 2.42. The van der Waals surface area contributed by atoms with Gasteiger partial charge in [-0.2, -0.15) is 0 Å². The minimum Gasteiger partial charge on any atom is -0.460 e. The van der Waals surface area contributed by atoms with Crippen LogP contribution in [0.15, 0.2) is 18.2 Å². The van der Waals surface area contributed by atoms with Gasteiger partial charge in [-0.25, -0.2) is 8.78 Å². The molecule has 0 heterocycles. The number of rotatable bonds is 4. The van der Waals surface area contributed by atoms with E-state index in [1.54, 1.807) is 20.8 Å². The molecule has 0 saturated carbocycles. The second-order valence-corrected chi connectivity index (χ2v) is 5.18. The maximum Gasteiger partial charge on any atom is 0.306 e. The average molecular weight is 256 g/mol. The molecule has 0 aliphatic heterocycles. The average Bonchev–Trinajstić information content (AvgIpc) is 2.20. The summed E-state index contributed by atoms with van der Waals surface area (Å²) in [6, 6.07) is 3.33. The van der Waals surface area contributed by atoms with Crippen LogP contribution >= 0.6 is 0 Å². The number of aryl methyl sites for hydroxylation is 1. The first-order chi connectivity index (χ1) is 8.28. The van der Waals surface area contributed by atoms with Crippen LogP contribution in [0.5, 0.6) is 0 Å². The third-order valence-corrected chi connectivity index (χ3v) is 2.25. The zero-order valence-corrected chi connectivity index (χ0v) is 10.9. The fourth-order valence-electron chi connectivity index (χ4n) is 1.55. The van der Waals surface area contributed by atoms with E-state index < -0.39 is 17.2 Å². The second-order valence-electron chi connectivity index (χ2n) is 5.18. The highest BCUT2D eigenvalue weighted by molar-refractivity contribution is 5.69. The Morgan fingerprint density at radius 2 is 1.94 bits per heavy atom. The van der Waals surface area contributed by atoms with Crippen LogP contribution in [0.3, 0.4) is 0 Å². The van der Waals surface area contributed by atoms with Crippen molar-refractivity contribution in [2.24, 2.45) is 0 Å². The van der Waals surface area contributed by atoms with Crippen molar-refractivity contribution in [2.45, 2.75) is 45.6 Å². The number of hydrogen-bond donors (Lipinski definition) is 0. The Hall–Kier alpha value is -1.45. The molecular formula is C14H18F2O2. The summed E-state index contributed by atoms with van der Waals surface area (Å²) < 4.78 is 31.3. The predicted octanol–water partition coefficient (Wildman–Crippen LogP) is 3.63. The Morgan fingerprint density at radius 1 is 1.28 bits per heavy atom. The lowest BCUT2D eigenvalue weighted by atomic mass is 10.1. The van der Waals surface area contributed by atoms with Crippen molar-refractivity contribution >= 4 is 5.97 Å². The lowest BCUT2D eigenvalue weighted by molar-refractivity contribution is -0.154. The summed E-state index contributed by atoms with van der Waals surface area (Å²) >= 11 is 0. The van der Waals surface area contributed by atoms with Gasteiger partial charge < -0.3 is 4.74 Å². The van der Waals surface area contributed by atoms with E-state index in [9.17, 15) is 13.6 Å². The van der Waals surface area contributed by atoms with Gasteiger partial charge in [-0.3, -0.25) is 4.79 Å². The second kappa shape index (κ2) is 5.94. The van der Waals surface area contributed by atoms with Gasteiger partial charge in [0.25, 0.3) is 0 Å². The Bertz CT molecular complexity index is 422. The summed E-state index contributed by atoms with van der Waals surface area (Å²) in [5.74, 6) is -1.23. The minimum absolute atomic E-state index is 0.202. The van der Waals surface area contributed by atoms with Gasteiger partial charge in [-0.05, 0) is 57.4 Å². The van der Waals surface area contributed by atoms with Gasteiger partial charge in [0, 0.05) is 6.42 Å². The molecule has 18 heavy (non-hydrogen) atoms. The molecule has 0 bridgehead atoms. The first-order valence-corrected chi connectivity index (χ1v) is 5.94. The first kappa shape index (κ1) is 14.6. The van der Waals surface area contributed by atoms with Crippen LogP contribution in [-0.2, 0) is 16.0 Å². The number of carbonyl (C=O) groups excluding carboxylic acids is 1. The zero-order valence-electron chi connectivity index (χ0n) is 10.9. The normalized spacial score (nSPS) is 11.4. The smallest absolute Gasteiger partial charge is 0.306 e. The van der Waals surface area contributed by atoms with Crippen molar-refractivity contribution in [2.75, 3.05) is 0 Å². The SMILES string of the molecule is CC(C)(C)OC(=O)CCCc1cc(F)ccc1F. The number of benzene rings is 1. The van der Waals surface area contributed by atoms with E-state index in [1.807, 2.05) is 0 Å². The van der Waals surface area contributed by atoms with Crippen molar-refractivity contribution in [1.82, 2.24) is 0 Å². The predicted molar refractivity (Wildman–Crippen MR) is 65.1 cm³/mol. The summed E-state index contributed by atoms with van der Waals surface area (Å²) in [5, 5.41) is 0. The number of hydrogen-bond acceptors (Lipinski definition) is 2. The van der Waals surface area contributed by atoms with Crippen LogP contribution in [0.1, 0.15) is 39.2 Å². The van der Waals surface area contributed by atoms with E-state index in [2.05, 4.69) is 0 Å². The Kier molecular flexibility index (Phi) is 4.82. The van der Waals surface area contributed by atoms with Crippen LogP contribution in [-0.4, -0.2) is 11.6 Å². The fraction of sp³-hybridized carbons (Fsp3) is 0.500. The first-order valence-electron chi connectivity index (χ1n) is 5.94. The largest absolute Gasteiger partial charge is 0.460 e. The van der Waals surface area contributed by atoms with Gasteiger partial charge in [-0.1, -0.05) is 0 Å². The third-order valence-electron chi connectivity index (χ3n) is 2.25. The van der Waals surface area contributed by atoms with Gasteiger partial charge in [-0.15, -0.1) is 0 Å². The molecule has 0 fully saturated rings. The van der Waals surface area contributed by atoms with Gasteiger partial charge in [0.05, 0.1) is 0 Å². The maximum absolute atomic E-state index is 13.3. The van der Waals surface area contributed by atoms with E-state index in [0.29, 0.717) is 18.4 Å². The highest BCUT2D eigenvalue weighted by atomic mass is 19.1. The molecule has 0 unspecified atom stereocenters. The summed E-state index contributed by atoms with van der Waals surface area (Å²) in [4.78, 5) is 11.4. The molecule has 1 aromatic rings. The molecule has 0 aromatic heterocycles. The van der Waals surface area contributed by atoms with Crippen molar-refractivity contribution in [1.29, 1.82) is 0 Å². The Morgan fingerprint density at radius 3 is 2.56 bits per heavy atom. The van der Waals surface area contributed by atoms with Gasteiger partial charge in [0.1, 0.15) is 17.2 Å². The molecule has 0 N–H and O–H groups in total. The molecule has 0 aliphatic rings. The quantitative estimate of drug-likeness (QED) is 0.769. The molecule has 100 valence electrons. The van der Waals surface area contributed by atoms with E-state index >= 15 is 0 Å². The lowest BCUT2D eigenvalue weighted by Crippen LogP contribution is -2.23. The molecule has 0 spiro atoms. The molecular weight excluding hydrogens is 238 g/mol. The molecule has 1 aromatic carbocycles. The monoisotopic (exact) mass is 256 g/mol. The molecule has 0 aliphatic carbocycles. The van der Waals surface area contributed by atoms with Crippen molar-refractivity contribution in [3.05, 3.63) is 35.4 Å². The molecule has 0 amide bonds. The fourth-order valence-corrected chi connectivity index (χ4v) is 1.55. The standard InChI is InChI=1S/C14H18F2O2/c1-14(2,3)18-13(17)6-4-5-10-9-11(15)7-8-12(10)16/h7-9H,4-6H2,1-3H3. The van der Waals surface area contributed by atoms with E-state index in [1.165, 1.54) is 0 Å². The van der Waals surface area contributed by atoms with E-state index in [0.717, 1.165) is 18.2 Å². The zero-order chi connectivity index (χ0) is 13.8. The molecule has 1 rings (SSSR count). The van der Waals surface area contributed by atoms with E-state index in [-0.39, 0.29) is 12.4 Å². The van der Waals surface area contributed by atoms with Crippen molar-refractivity contribution in [3.8, 4) is 0 Å². The number of halogens is 2. The van der Waals surface area contributed by atoms with Crippen molar-refractivity contribution in [3.63, 3.8) is 0 Å². The summed E-state index contributed by atoms with van der Waals surface area (Å²) in [7, 11) is 0. The van der Waals surface area contributed by atoms with Gasteiger partial charge in [0.2, 0.25) is 0 Å². The highest BCUT2D eigenvalue weighted by Gasteiger charge is 2.16. The number of ether oxygens (including phenoxy) is 1. The summed E-state index contributed by atoms with van der Waals surface area (Å²) in [6.45, 7) is 5.37. The third kappa shape index (κ3) is 5.25. The van der Waals surface area contributed by atoms with Crippen LogP contribution in [0, 0.1) is 11.6 Å².